The van der Waals surface area contributed by atoms with Crippen molar-refractivity contribution in [3.05, 3.63) is 24.5 Å². The summed E-state index contributed by atoms with van der Waals surface area (Å²) in [6, 6.07) is 5.40. The molecule has 0 aliphatic carbocycles. The molecule has 84 valence electrons. The summed E-state index contributed by atoms with van der Waals surface area (Å²) < 4.78 is 0. The minimum atomic E-state index is -0.129. The molecule has 1 unspecified atom stereocenters. The van der Waals surface area contributed by atoms with Crippen LogP contribution < -0.4 is 11.1 Å². The molecule has 0 radical (unpaired) electrons. The molecule has 1 amide bonds. The van der Waals surface area contributed by atoms with E-state index < -0.39 is 0 Å². The number of amides is 1. The van der Waals surface area contributed by atoms with Gasteiger partial charge in [-0.1, -0.05) is 0 Å². The van der Waals surface area contributed by atoms with Crippen LogP contribution in [0.1, 0.15) is 13.3 Å². The van der Waals surface area contributed by atoms with Crippen molar-refractivity contribution in [1.29, 1.82) is 0 Å². The summed E-state index contributed by atoms with van der Waals surface area (Å²) in [4.78, 5) is 18.6. The van der Waals surface area contributed by atoms with E-state index in [1.165, 1.54) is 0 Å². The van der Waals surface area contributed by atoms with Crippen LogP contribution in [0.2, 0.25) is 0 Å². The first-order valence-electron chi connectivity index (χ1n) is 5.14. The van der Waals surface area contributed by atoms with E-state index in [-0.39, 0.29) is 11.9 Å². The van der Waals surface area contributed by atoms with E-state index in [9.17, 15) is 4.79 Å². The van der Waals surface area contributed by atoms with Gasteiger partial charge in [0.25, 0.3) is 0 Å². The van der Waals surface area contributed by atoms with Crippen molar-refractivity contribution in [3.8, 4) is 0 Å². The van der Waals surface area contributed by atoms with E-state index in [2.05, 4.69) is 15.3 Å². The standard InChI is InChI=1S/C11H14N4O/c1-7(12)4-11(16)15-8-2-3-9-10(5-8)14-6-13-9/h2-3,5-7H,4,12H2,1H3,(H,13,14)(H,15,16). The maximum atomic E-state index is 11.5. The predicted molar refractivity (Wildman–Crippen MR) is 63.0 cm³/mol. The maximum Gasteiger partial charge on any atom is 0.225 e. The molecule has 0 spiro atoms. The molecule has 1 heterocycles. The Morgan fingerprint density at radius 3 is 3.19 bits per heavy atom. The number of nitrogens with zero attached hydrogens (tertiary/aromatic N) is 1. The Kier molecular flexibility index (Phi) is 2.87. The summed E-state index contributed by atoms with van der Waals surface area (Å²) >= 11 is 0. The van der Waals surface area contributed by atoms with Crippen LogP contribution >= 0.6 is 0 Å². The molecule has 2 aromatic rings. The first-order valence-corrected chi connectivity index (χ1v) is 5.14. The van der Waals surface area contributed by atoms with Gasteiger partial charge in [0, 0.05) is 18.2 Å². The molecular formula is C11H14N4O. The zero-order valence-electron chi connectivity index (χ0n) is 9.03. The number of H-pyrrole nitrogens is 1. The van der Waals surface area contributed by atoms with Gasteiger partial charge in [0.15, 0.2) is 0 Å². The molecule has 1 aromatic carbocycles. The minimum absolute atomic E-state index is 0.0751. The predicted octanol–water partition coefficient (Wildman–Crippen LogP) is 1.24. The smallest absolute Gasteiger partial charge is 0.225 e. The second kappa shape index (κ2) is 4.32. The highest BCUT2D eigenvalue weighted by Gasteiger charge is 2.06. The van der Waals surface area contributed by atoms with Gasteiger partial charge in [-0.25, -0.2) is 4.98 Å². The average Bonchev–Trinajstić information content (AvgIpc) is 2.63. The molecule has 16 heavy (non-hydrogen) atoms. The number of nitrogens with one attached hydrogen (secondary N) is 2. The lowest BCUT2D eigenvalue weighted by molar-refractivity contribution is -0.116. The molecule has 2 rings (SSSR count). The number of anilines is 1. The zero-order valence-corrected chi connectivity index (χ0v) is 9.03. The summed E-state index contributed by atoms with van der Waals surface area (Å²) in [5.41, 5.74) is 8.08. The molecule has 0 saturated heterocycles. The Morgan fingerprint density at radius 1 is 1.62 bits per heavy atom. The molecule has 0 saturated carbocycles. The Labute approximate surface area is 93.1 Å². The number of carbonyl (C=O) groups is 1. The van der Waals surface area contributed by atoms with E-state index in [1.807, 2.05) is 18.2 Å². The molecule has 0 aliphatic heterocycles. The van der Waals surface area contributed by atoms with Crippen LogP contribution in [-0.4, -0.2) is 21.9 Å². The molecule has 4 N–H and O–H groups in total. The highest BCUT2D eigenvalue weighted by atomic mass is 16.1. The second-order valence-corrected chi connectivity index (χ2v) is 3.86. The molecule has 5 heteroatoms. The average molecular weight is 218 g/mol. The lowest BCUT2D eigenvalue weighted by Gasteiger charge is -2.06. The van der Waals surface area contributed by atoms with E-state index in [1.54, 1.807) is 13.3 Å². The van der Waals surface area contributed by atoms with E-state index in [0.29, 0.717) is 6.42 Å². The molecule has 0 bridgehead atoms. The van der Waals surface area contributed by atoms with Crippen LogP contribution in [0.5, 0.6) is 0 Å². The Balaban J connectivity index is 2.11. The van der Waals surface area contributed by atoms with Crippen LogP contribution in [0.4, 0.5) is 5.69 Å². The lowest BCUT2D eigenvalue weighted by Crippen LogP contribution is -2.23. The fourth-order valence-electron chi connectivity index (χ4n) is 1.52. The number of hydrogen-bond acceptors (Lipinski definition) is 3. The summed E-state index contributed by atoms with van der Waals surface area (Å²) in [6.45, 7) is 1.80. The molecule has 0 fully saturated rings. The number of fused-ring (bicyclic) bond motifs is 1. The maximum absolute atomic E-state index is 11.5. The van der Waals surface area contributed by atoms with Gasteiger partial charge in [0.1, 0.15) is 0 Å². The number of imidazole rings is 1. The van der Waals surface area contributed by atoms with Crippen LogP contribution in [0.25, 0.3) is 11.0 Å². The van der Waals surface area contributed by atoms with Gasteiger partial charge in [0.05, 0.1) is 17.4 Å². The van der Waals surface area contributed by atoms with E-state index in [0.717, 1.165) is 16.7 Å². The van der Waals surface area contributed by atoms with Gasteiger partial charge in [-0.05, 0) is 25.1 Å². The first kappa shape index (κ1) is 10.6. The largest absolute Gasteiger partial charge is 0.345 e. The number of benzene rings is 1. The number of aromatic amines is 1. The van der Waals surface area contributed by atoms with Gasteiger partial charge in [-0.2, -0.15) is 0 Å². The van der Waals surface area contributed by atoms with Gasteiger partial charge in [-0.15, -0.1) is 0 Å². The van der Waals surface area contributed by atoms with Crippen molar-refractivity contribution < 1.29 is 4.79 Å². The van der Waals surface area contributed by atoms with Gasteiger partial charge in [0.2, 0.25) is 5.91 Å². The van der Waals surface area contributed by atoms with Gasteiger partial charge in [-0.3, -0.25) is 4.79 Å². The summed E-state index contributed by atoms with van der Waals surface area (Å²) in [5, 5.41) is 2.79. The molecule has 1 atom stereocenters. The van der Waals surface area contributed by atoms with Crippen molar-refractivity contribution in [2.75, 3.05) is 5.32 Å². The first-order chi connectivity index (χ1) is 7.65. The quantitative estimate of drug-likeness (QED) is 0.724. The number of nitrogens with two attached hydrogens (primary N) is 1. The zero-order chi connectivity index (χ0) is 11.5. The molecular weight excluding hydrogens is 204 g/mol. The Morgan fingerprint density at radius 2 is 2.44 bits per heavy atom. The molecule has 5 nitrogen and oxygen atoms in total. The Hall–Kier alpha value is -1.88. The fraction of sp³-hybridized carbons (Fsp3) is 0.273. The van der Waals surface area contributed by atoms with Crippen LogP contribution in [0.3, 0.4) is 0 Å². The lowest BCUT2D eigenvalue weighted by atomic mass is 10.2. The number of carbonyl (C=O) groups excluding carboxylic acids is 1. The fourth-order valence-corrected chi connectivity index (χ4v) is 1.52. The SMILES string of the molecule is CC(N)CC(=O)Nc1ccc2nc[nH]c2c1. The Bertz CT molecular complexity index is 503. The van der Waals surface area contributed by atoms with E-state index in [4.69, 9.17) is 5.73 Å². The van der Waals surface area contributed by atoms with Crippen LogP contribution in [0.15, 0.2) is 24.5 Å². The minimum Gasteiger partial charge on any atom is -0.345 e. The number of hydrogen-bond donors (Lipinski definition) is 3. The number of aromatic nitrogens is 2. The van der Waals surface area contributed by atoms with Crippen molar-refractivity contribution in [1.82, 2.24) is 9.97 Å². The number of rotatable bonds is 3. The molecule has 1 aromatic heterocycles. The molecule has 0 aliphatic rings. The highest BCUT2D eigenvalue weighted by molar-refractivity contribution is 5.93. The van der Waals surface area contributed by atoms with Gasteiger partial charge < -0.3 is 16.0 Å². The van der Waals surface area contributed by atoms with E-state index >= 15 is 0 Å². The van der Waals surface area contributed by atoms with Crippen molar-refractivity contribution in [2.24, 2.45) is 5.73 Å². The third kappa shape index (κ3) is 2.38. The summed E-state index contributed by atoms with van der Waals surface area (Å²) in [6.07, 6.45) is 1.94. The van der Waals surface area contributed by atoms with Crippen molar-refractivity contribution >= 4 is 22.6 Å². The third-order valence-corrected chi connectivity index (χ3v) is 2.21. The summed E-state index contributed by atoms with van der Waals surface area (Å²) in [7, 11) is 0. The second-order valence-electron chi connectivity index (χ2n) is 3.86. The summed E-state index contributed by atoms with van der Waals surface area (Å²) in [5.74, 6) is -0.0751. The van der Waals surface area contributed by atoms with Crippen molar-refractivity contribution in [3.63, 3.8) is 0 Å². The normalized spacial score (nSPS) is 12.6. The van der Waals surface area contributed by atoms with Crippen LogP contribution in [-0.2, 0) is 4.79 Å². The van der Waals surface area contributed by atoms with Crippen LogP contribution in [0, 0.1) is 0 Å². The third-order valence-electron chi connectivity index (χ3n) is 2.21. The van der Waals surface area contributed by atoms with Gasteiger partial charge >= 0.3 is 0 Å². The topological polar surface area (TPSA) is 83.8 Å². The van der Waals surface area contributed by atoms with Crippen molar-refractivity contribution in [2.45, 2.75) is 19.4 Å². The highest BCUT2D eigenvalue weighted by Crippen LogP contribution is 2.15. The monoisotopic (exact) mass is 218 g/mol.